The summed E-state index contributed by atoms with van der Waals surface area (Å²) in [4.78, 5) is 12.7. The maximum absolute atomic E-state index is 12.7. The van der Waals surface area contributed by atoms with E-state index in [9.17, 15) is 13.2 Å². The molecule has 0 aliphatic rings. The van der Waals surface area contributed by atoms with Crippen LogP contribution in [0.25, 0.3) is 11.2 Å². The summed E-state index contributed by atoms with van der Waals surface area (Å²) < 4.78 is 39.8. The fourth-order valence-corrected chi connectivity index (χ4v) is 2.51. The van der Waals surface area contributed by atoms with Crippen LogP contribution in [0.2, 0.25) is 5.02 Å². The highest BCUT2D eigenvalue weighted by Gasteiger charge is 2.31. The van der Waals surface area contributed by atoms with Crippen molar-refractivity contribution in [1.29, 1.82) is 0 Å². The van der Waals surface area contributed by atoms with E-state index in [2.05, 4.69) is 15.0 Å². The molecule has 0 radical (unpaired) electrons. The van der Waals surface area contributed by atoms with Gasteiger partial charge in [-0.1, -0.05) is 11.6 Å². The zero-order valence-corrected chi connectivity index (χ0v) is 13.1. The third kappa shape index (κ3) is 3.01. The van der Waals surface area contributed by atoms with Crippen molar-refractivity contribution in [3.63, 3.8) is 0 Å². The summed E-state index contributed by atoms with van der Waals surface area (Å²) in [7, 11) is 0. The van der Waals surface area contributed by atoms with Crippen LogP contribution in [0, 0.1) is 13.8 Å². The number of aryl methyl sites for hydroxylation is 2. The van der Waals surface area contributed by atoms with Gasteiger partial charge in [0.05, 0.1) is 22.8 Å². The molecule has 0 saturated heterocycles. The summed E-state index contributed by atoms with van der Waals surface area (Å²) in [6.45, 7) is 3.86. The second-order valence-corrected chi connectivity index (χ2v) is 5.60. The zero-order valence-electron chi connectivity index (χ0n) is 12.3. The fourth-order valence-electron chi connectivity index (χ4n) is 2.29. The molecule has 0 bridgehead atoms. The molecule has 0 saturated carbocycles. The molecule has 0 N–H and O–H groups in total. The Morgan fingerprint density at radius 1 is 1.17 bits per heavy atom. The molecule has 120 valence electrons. The summed E-state index contributed by atoms with van der Waals surface area (Å²) in [5.74, 6) is 0.691. The minimum absolute atomic E-state index is 0.0336. The molecule has 3 aromatic heterocycles. The van der Waals surface area contributed by atoms with Gasteiger partial charge in [-0.15, -0.1) is 0 Å². The van der Waals surface area contributed by atoms with Crippen LogP contribution < -0.4 is 0 Å². The number of nitrogens with zero attached hydrogens (tertiary/aromatic N) is 4. The Bertz CT molecular complexity index is 886. The zero-order chi connectivity index (χ0) is 16.8. The number of pyridine rings is 2. The number of rotatable bonds is 2. The first kappa shape index (κ1) is 15.7. The van der Waals surface area contributed by atoms with Gasteiger partial charge in [-0.3, -0.25) is 4.98 Å². The topological polar surface area (TPSA) is 43.6 Å². The van der Waals surface area contributed by atoms with Gasteiger partial charge in [-0.2, -0.15) is 13.2 Å². The third-order valence-corrected chi connectivity index (χ3v) is 3.80. The minimum Gasteiger partial charge on any atom is -0.307 e. The van der Waals surface area contributed by atoms with E-state index in [1.807, 2.05) is 19.1 Å². The van der Waals surface area contributed by atoms with Gasteiger partial charge in [0.25, 0.3) is 0 Å². The smallest absolute Gasteiger partial charge is 0.307 e. The molecule has 0 fully saturated rings. The molecular formula is C15H12ClF3N4. The van der Waals surface area contributed by atoms with E-state index in [1.165, 1.54) is 0 Å². The Morgan fingerprint density at radius 2 is 1.91 bits per heavy atom. The molecule has 0 aromatic carbocycles. The van der Waals surface area contributed by atoms with Crippen molar-refractivity contribution in [1.82, 2.24) is 19.5 Å². The molecular weight excluding hydrogens is 329 g/mol. The second-order valence-electron chi connectivity index (χ2n) is 5.19. The average molecular weight is 341 g/mol. The predicted octanol–water partition coefficient (Wildman–Crippen LogP) is 4.16. The second kappa shape index (κ2) is 5.49. The highest BCUT2D eigenvalue weighted by Crippen LogP contribution is 2.31. The van der Waals surface area contributed by atoms with Crippen molar-refractivity contribution in [3.05, 3.63) is 52.2 Å². The van der Waals surface area contributed by atoms with Crippen LogP contribution >= 0.6 is 11.6 Å². The van der Waals surface area contributed by atoms with Crippen molar-refractivity contribution in [2.45, 2.75) is 26.6 Å². The van der Waals surface area contributed by atoms with Crippen molar-refractivity contribution < 1.29 is 13.2 Å². The fraction of sp³-hybridized carbons (Fsp3) is 0.267. The molecule has 0 unspecified atom stereocenters. The Kier molecular flexibility index (Phi) is 3.75. The number of alkyl halides is 3. The van der Waals surface area contributed by atoms with Gasteiger partial charge in [0, 0.05) is 11.9 Å². The van der Waals surface area contributed by atoms with E-state index in [0.717, 1.165) is 23.5 Å². The Labute approximate surface area is 135 Å². The Balaban J connectivity index is 2.03. The molecule has 3 aromatic rings. The number of hydrogen-bond donors (Lipinski definition) is 0. The van der Waals surface area contributed by atoms with Crippen LogP contribution in [-0.4, -0.2) is 19.5 Å². The molecule has 0 aliphatic heterocycles. The highest BCUT2D eigenvalue weighted by molar-refractivity contribution is 6.31. The van der Waals surface area contributed by atoms with Gasteiger partial charge in [0.15, 0.2) is 5.65 Å². The lowest BCUT2D eigenvalue weighted by molar-refractivity contribution is -0.137. The molecule has 0 spiro atoms. The van der Waals surface area contributed by atoms with Gasteiger partial charge in [-0.25, -0.2) is 9.97 Å². The first-order valence-electron chi connectivity index (χ1n) is 6.78. The van der Waals surface area contributed by atoms with E-state index in [0.29, 0.717) is 17.2 Å². The molecule has 0 aliphatic carbocycles. The van der Waals surface area contributed by atoms with E-state index in [4.69, 9.17) is 11.6 Å². The number of fused-ring (bicyclic) bond motifs is 1. The Morgan fingerprint density at radius 3 is 2.57 bits per heavy atom. The van der Waals surface area contributed by atoms with Gasteiger partial charge in [0.2, 0.25) is 0 Å². The van der Waals surface area contributed by atoms with Gasteiger partial charge < -0.3 is 4.57 Å². The molecule has 3 rings (SSSR count). The van der Waals surface area contributed by atoms with E-state index in [-0.39, 0.29) is 11.6 Å². The lowest BCUT2D eigenvalue weighted by Crippen LogP contribution is -2.09. The van der Waals surface area contributed by atoms with Crippen LogP contribution in [0.3, 0.4) is 0 Å². The normalized spacial score (nSPS) is 12.1. The summed E-state index contributed by atoms with van der Waals surface area (Å²) in [5, 5.41) is -0.0336. The summed E-state index contributed by atoms with van der Waals surface area (Å²) >= 11 is 5.97. The van der Waals surface area contributed by atoms with Gasteiger partial charge in [-0.05, 0) is 32.0 Å². The van der Waals surface area contributed by atoms with Crippen LogP contribution in [0.4, 0.5) is 13.2 Å². The minimum atomic E-state index is -4.47. The van der Waals surface area contributed by atoms with Gasteiger partial charge in [0.1, 0.15) is 11.3 Å². The third-order valence-electron chi connectivity index (χ3n) is 3.47. The highest BCUT2D eigenvalue weighted by atomic mass is 35.5. The quantitative estimate of drug-likeness (QED) is 0.703. The lowest BCUT2D eigenvalue weighted by atomic mass is 10.2. The first-order valence-corrected chi connectivity index (χ1v) is 7.15. The molecule has 23 heavy (non-hydrogen) atoms. The predicted molar refractivity (Wildman–Crippen MR) is 80.4 cm³/mol. The van der Waals surface area contributed by atoms with Crippen molar-refractivity contribution in [2.24, 2.45) is 0 Å². The number of imidazole rings is 1. The van der Waals surface area contributed by atoms with Crippen molar-refractivity contribution in [2.75, 3.05) is 0 Å². The van der Waals surface area contributed by atoms with E-state index >= 15 is 0 Å². The number of hydrogen-bond acceptors (Lipinski definition) is 3. The maximum atomic E-state index is 12.7. The van der Waals surface area contributed by atoms with Crippen LogP contribution in [-0.2, 0) is 12.7 Å². The largest absolute Gasteiger partial charge is 0.417 e. The Hall–Kier alpha value is -2.15. The SMILES string of the molecule is Cc1ccc2nc(C)n(Cc3ncc(C(F)(F)F)cc3Cl)c2n1. The summed E-state index contributed by atoms with van der Waals surface area (Å²) in [6, 6.07) is 4.59. The molecule has 0 amide bonds. The molecule has 8 heteroatoms. The van der Waals surface area contributed by atoms with E-state index < -0.39 is 11.7 Å². The molecule has 4 nitrogen and oxygen atoms in total. The van der Waals surface area contributed by atoms with Crippen LogP contribution in [0.5, 0.6) is 0 Å². The molecule has 0 atom stereocenters. The summed E-state index contributed by atoms with van der Waals surface area (Å²) in [6.07, 6.45) is -3.68. The first-order chi connectivity index (χ1) is 10.8. The lowest BCUT2D eigenvalue weighted by Gasteiger charge is -2.11. The number of halogens is 4. The van der Waals surface area contributed by atoms with Gasteiger partial charge >= 0.3 is 6.18 Å². The maximum Gasteiger partial charge on any atom is 0.417 e. The van der Waals surface area contributed by atoms with Crippen molar-refractivity contribution >= 4 is 22.8 Å². The molecule has 3 heterocycles. The van der Waals surface area contributed by atoms with Crippen molar-refractivity contribution in [3.8, 4) is 0 Å². The monoisotopic (exact) mass is 340 g/mol. The van der Waals surface area contributed by atoms with Crippen LogP contribution in [0.1, 0.15) is 22.8 Å². The van der Waals surface area contributed by atoms with Crippen LogP contribution in [0.15, 0.2) is 24.4 Å². The average Bonchev–Trinajstić information content (AvgIpc) is 2.76. The standard InChI is InChI=1S/C15H12ClF3N4/c1-8-3-4-12-14(21-8)23(9(2)22-12)7-13-11(16)5-10(6-20-13)15(17,18)19/h3-6H,7H2,1-2H3. The summed E-state index contributed by atoms with van der Waals surface area (Å²) in [5.41, 5.74) is 1.67. The van der Waals surface area contributed by atoms with E-state index in [1.54, 1.807) is 11.5 Å². The number of aromatic nitrogens is 4.